The van der Waals surface area contributed by atoms with E-state index in [1.807, 2.05) is 0 Å². The van der Waals surface area contributed by atoms with Gasteiger partial charge in [0.25, 0.3) is 0 Å². The molecule has 0 bridgehead atoms. The van der Waals surface area contributed by atoms with Crippen LogP contribution in [0.5, 0.6) is 0 Å². The van der Waals surface area contributed by atoms with Gasteiger partial charge in [-0.15, -0.1) is 0 Å². The van der Waals surface area contributed by atoms with Crippen LogP contribution in [0.15, 0.2) is 24.8 Å². The van der Waals surface area contributed by atoms with Crippen LogP contribution in [0.1, 0.15) is 49.8 Å². The summed E-state index contributed by atoms with van der Waals surface area (Å²) in [5.41, 5.74) is 5.48. The molecule has 0 atom stereocenters. The quantitative estimate of drug-likeness (QED) is 0.775. The molecular formula is C16H23N. The Morgan fingerprint density at radius 2 is 1.94 bits per heavy atom. The molecule has 92 valence electrons. The Balaban J connectivity index is 2.31. The van der Waals surface area contributed by atoms with Crippen LogP contribution in [0, 0.1) is 0 Å². The van der Waals surface area contributed by atoms with E-state index in [9.17, 15) is 0 Å². The molecule has 0 aliphatic heterocycles. The highest BCUT2D eigenvalue weighted by Gasteiger charge is 2.13. The molecule has 0 unspecified atom stereocenters. The summed E-state index contributed by atoms with van der Waals surface area (Å²) in [4.78, 5) is 0. The highest BCUT2D eigenvalue weighted by Crippen LogP contribution is 2.26. The summed E-state index contributed by atoms with van der Waals surface area (Å²) >= 11 is 0. The highest BCUT2D eigenvalue weighted by atomic mass is 14.9. The Kier molecular flexibility index (Phi) is 3.88. The Bertz CT molecular complexity index is 404. The van der Waals surface area contributed by atoms with Crippen LogP contribution in [0.2, 0.25) is 0 Å². The van der Waals surface area contributed by atoms with Gasteiger partial charge in [-0.3, -0.25) is 0 Å². The van der Waals surface area contributed by atoms with Gasteiger partial charge in [0, 0.05) is 17.3 Å². The summed E-state index contributed by atoms with van der Waals surface area (Å²) in [7, 11) is 0. The normalized spacial score (nSPS) is 15.2. The molecule has 1 aliphatic rings. The van der Waals surface area contributed by atoms with Gasteiger partial charge in [0.1, 0.15) is 0 Å². The second-order valence-electron chi connectivity index (χ2n) is 5.28. The lowest BCUT2D eigenvalue weighted by Crippen LogP contribution is -2.21. The number of nitrogens with one attached hydrogen (secondary N) is 1. The minimum Gasteiger partial charge on any atom is -0.383 e. The molecule has 1 N–H and O–H groups in total. The molecule has 0 spiro atoms. The van der Waals surface area contributed by atoms with Gasteiger partial charge in [0.2, 0.25) is 0 Å². The van der Waals surface area contributed by atoms with Crippen LogP contribution in [0.4, 0.5) is 0 Å². The number of hydrogen-bond donors (Lipinski definition) is 1. The van der Waals surface area contributed by atoms with Crippen LogP contribution in [0.3, 0.4) is 0 Å². The molecule has 1 aromatic rings. The van der Waals surface area contributed by atoms with Gasteiger partial charge in [0.05, 0.1) is 0 Å². The lowest BCUT2D eigenvalue weighted by molar-refractivity contribution is 0.708. The number of benzene rings is 1. The molecule has 1 heteroatoms. The minimum absolute atomic E-state index is 0.448. The Labute approximate surface area is 105 Å². The average Bonchev–Trinajstić information content (AvgIpc) is 2.52. The van der Waals surface area contributed by atoms with Gasteiger partial charge in [-0.05, 0) is 50.7 Å². The molecule has 0 radical (unpaired) electrons. The standard InChI is InChI=1S/C16H23N/c1-12(2)17-13(3)15-11-7-9-14-8-5-4-6-10-16(14)15/h7,9,11-12,17H,3-6,8,10H2,1-2H3. The number of rotatable bonds is 3. The zero-order chi connectivity index (χ0) is 12.3. The average molecular weight is 229 g/mol. The summed E-state index contributed by atoms with van der Waals surface area (Å²) in [6, 6.07) is 7.12. The van der Waals surface area contributed by atoms with Crippen molar-refractivity contribution in [2.75, 3.05) is 0 Å². The number of fused-ring (bicyclic) bond motifs is 1. The zero-order valence-corrected chi connectivity index (χ0v) is 11.1. The largest absolute Gasteiger partial charge is 0.383 e. The van der Waals surface area contributed by atoms with Crippen molar-refractivity contribution in [3.63, 3.8) is 0 Å². The van der Waals surface area contributed by atoms with Crippen LogP contribution >= 0.6 is 0 Å². The van der Waals surface area contributed by atoms with Crippen molar-refractivity contribution in [3.05, 3.63) is 41.5 Å². The van der Waals surface area contributed by atoms with Gasteiger partial charge >= 0.3 is 0 Å². The second kappa shape index (κ2) is 5.39. The summed E-state index contributed by atoms with van der Waals surface area (Å²) in [5.74, 6) is 0. The monoisotopic (exact) mass is 229 g/mol. The van der Waals surface area contributed by atoms with Crippen molar-refractivity contribution in [1.29, 1.82) is 0 Å². The fourth-order valence-electron chi connectivity index (χ4n) is 2.67. The van der Waals surface area contributed by atoms with Crippen molar-refractivity contribution in [2.45, 2.75) is 52.0 Å². The molecule has 1 aromatic carbocycles. The van der Waals surface area contributed by atoms with Crippen LogP contribution in [0.25, 0.3) is 5.70 Å². The molecule has 0 heterocycles. The van der Waals surface area contributed by atoms with Gasteiger partial charge < -0.3 is 5.32 Å². The van der Waals surface area contributed by atoms with Gasteiger partial charge in [0.15, 0.2) is 0 Å². The molecule has 1 aliphatic carbocycles. The topological polar surface area (TPSA) is 12.0 Å². The lowest BCUT2D eigenvalue weighted by atomic mass is 9.95. The maximum Gasteiger partial charge on any atom is 0.0345 e. The zero-order valence-electron chi connectivity index (χ0n) is 11.1. The minimum atomic E-state index is 0.448. The Hall–Kier alpha value is -1.24. The van der Waals surface area contributed by atoms with Crippen LogP contribution < -0.4 is 5.32 Å². The number of hydrogen-bond acceptors (Lipinski definition) is 1. The Morgan fingerprint density at radius 1 is 1.18 bits per heavy atom. The summed E-state index contributed by atoms with van der Waals surface area (Å²) in [6.07, 6.45) is 6.46. The molecule has 1 nitrogen and oxygen atoms in total. The van der Waals surface area contributed by atoms with Crippen LogP contribution in [-0.4, -0.2) is 6.04 Å². The van der Waals surface area contributed by atoms with E-state index in [0.29, 0.717) is 6.04 Å². The molecule has 0 amide bonds. The first-order valence-electron chi connectivity index (χ1n) is 6.75. The van der Waals surface area contributed by atoms with E-state index in [1.165, 1.54) is 48.8 Å². The fourth-order valence-corrected chi connectivity index (χ4v) is 2.67. The van der Waals surface area contributed by atoms with Crippen molar-refractivity contribution < 1.29 is 0 Å². The first-order chi connectivity index (χ1) is 8.18. The third-order valence-electron chi connectivity index (χ3n) is 3.43. The second-order valence-corrected chi connectivity index (χ2v) is 5.28. The van der Waals surface area contributed by atoms with Crippen LogP contribution in [-0.2, 0) is 12.8 Å². The van der Waals surface area contributed by atoms with E-state index in [0.717, 1.165) is 5.70 Å². The molecule has 0 saturated carbocycles. The summed E-state index contributed by atoms with van der Waals surface area (Å²) in [5, 5.41) is 3.44. The third-order valence-corrected chi connectivity index (χ3v) is 3.43. The summed E-state index contributed by atoms with van der Waals surface area (Å²) in [6.45, 7) is 8.51. The predicted octanol–water partition coefficient (Wildman–Crippen LogP) is 3.92. The molecule has 0 fully saturated rings. The first kappa shape index (κ1) is 12.2. The van der Waals surface area contributed by atoms with E-state index in [4.69, 9.17) is 0 Å². The fraction of sp³-hybridized carbons (Fsp3) is 0.500. The smallest absolute Gasteiger partial charge is 0.0345 e. The molecule has 0 saturated heterocycles. The molecular weight excluding hydrogens is 206 g/mol. The van der Waals surface area contributed by atoms with Gasteiger partial charge in [-0.2, -0.15) is 0 Å². The van der Waals surface area contributed by atoms with Crippen molar-refractivity contribution in [1.82, 2.24) is 5.32 Å². The first-order valence-corrected chi connectivity index (χ1v) is 6.75. The SMILES string of the molecule is C=C(NC(C)C)c1cccc2c1CCCCC2. The van der Waals surface area contributed by atoms with E-state index in [1.54, 1.807) is 0 Å². The molecule has 17 heavy (non-hydrogen) atoms. The maximum atomic E-state index is 4.19. The van der Waals surface area contributed by atoms with Gasteiger partial charge in [-0.1, -0.05) is 31.2 Å². The van der Waals surface area contributed by atoms with E-state index >= 15 is 0 Å². The molecule has 2 rings (SSSR count). The number of aryl methyl sites for hydroxylation is 1. The predicted molar refractivity (Wildman–Crippen MR) is 75.0 cm³/mol. The van der Waals surface area contributed by atoms with Crippen molar-refractivity contribution in [2.24, 2.45) is 0 Å². The maximum absolute atomic E-state index is 4.19. The Morgan fingerprint density at radius 3 is 2.71 bits per heavy atom. The van der Waals surface area contributed by atoms with E-state index < -0.39 is 0 Å². The van der Waals surface area contributed by atoms with Crippen molar-refractivity contribution in [3.8, 4) is 0 Å². The molecule has 0 aromatic heterocycles. The van der Waals surface area contributed by atoms with Crippen molar-refractivity contribution >= 4 is 5.70 Å². The third kappa shape index (κ3) is 2.91. The highest BCUT2D eigenvalue weighted by molar-refractivity contribution is 5.66. The van der Waals surface area contributed by atoms with E-state index in [-0.39, 0.29) is 0 Å². The lowest BCUT2D eigenvalue weighted by Gasteiger charge is -2.18. The summed E-state index contributed by atoms with van der Waals surface area (Å²) < 4.78 is 0. The van der Waals surface area contributed by atoms with E-state index in [2.05, 4.69) is 43.9 Å². The van der Waals surface area contributed by atoms with Gasteiger partial charge in [-0.25, -0.2) is 0 Å².